The summed E-state index contributed by atoms with van der Waals surface area (Å²) in [6.45, 7) is 5.28. The monoisotopic (exact) mass is 455 g/mol. The fraction of sp³-hybridized carbons (Fsp3) is 0.273. The molecule has 0 aliphatic carbocycles. The predicted molar refractivity (Wildman–Crippen MR) is 132 cm³/mol. The molecule has 3 aromatic rings. The molecule has 1 aliphatic heterocycles. The number of thiophene rings is 1. The van der Waals surface area contributed by atoms with Crippen LogP contribution in [0.25, 0.3) is 10.2 Å². The summed E-state index contributed by atoms with van der Waals surface area (Å²) in [7, 11) is 3.89. The zero-order valence-corrected chi connectivity index (χ0v) is 19.6. The number of aliphatic imine (C=N–C) groups is 1. The molecule has 31 heavy (non-hydrogen) atoms. The molecule has 9 heteroatoms. The van der Waals surface area contributed by atoms with E-state index in [4.69, 9.17) is 27.3 Å². The van der Waals surface area contributed by atoms with E-state index in [0.29, 0.717) is 13.2 Å². The number of aromatic nitrogens is 1. The maximum atomic E-state index is 6.48. The van der Waals surface area contributed by atoms with Crippen molar-refractivity contribution in [3.8, 4) is 0 Å². The Balaban J connectivity index is 1.66. The Morgan fingerprint density at radius 2 is 2.10 bits per heavy atom. The molecule has 162 valence electrons. The molecule has 4 N–H and O–H groups in total. The van der Waals surface area contributed by atoms with Gasteiger partial charge in [-0.15, -0.1) is 11.3 Å². The second-order valence-electron chi connectivity index (χ2n) is 7.40. The molecule has 3 heterocycles. The summed E-state index contributed by atoms with van der Waals surface area (Å²) >= 11 is 8.14. The number of anilines is 2. The Labute approximate surface area is 191 Å². The molecule has 7 nitrogen and oxygen atoms in total. The van der Waals surface area contributed by atoms with Gasteiger partial charge >= 0.3 is 0 Å². The number of benzene rings is 1. The van der Waals surface area contributed by atoms with Crippen molar-refractivity contribution in [2.45, 2.75) is 20.4 Å². The van der Waals surface area contributed by atoms with E-state index in [1.807, 2.05) is 38.2 Å². The molecule has 0 saturated heterocycles. The van der Waals surface area contributed by atoms with Crippen LogP contribution in [0.5, 0.6) is 0 Å². The SMILES string of the molecule is CNN(/C=C\N)c1ccc(CN=C2c3sc4nc(C)c(Cl)c(C)c4c3NCN2C)cc1. The number of aryl methyl sites for hydroxylation is 2. The van der Waals surface area contributed by atoms with Gasteiger partial charge in [-0.1, -0.05) is 23.7 Å². The highest BCUT2D eigenvalue weighted by Gasteiger charge is 2.26. The summed E-state index contributed by atoms with van der Waals surface area (Å²) in [5.74, 6) is 0.969. The first-order valence-electron chi connectivity index (χ1n) is 9.97. The standard InChI is InChI=1S/C22H26ClN7S/c1-13-17-19-20(31-22(17)28-14(2)18(13)23)21(29(4)12-27-19)26-11-15-5-7-16(8-6-15)30(25-3)10-9-24/h5-10,25,27H,11-12,24H2,1-4H3/b10-9-,26-21?. The van der Waals surface area contributed by atoms with Crippen LogP contribution in [0.15, 0.2) is 41.7 Å². The molecule has 0 spiro atoms. The van der Waals surface area contributed by atoms with Crippen LogP contribution in [0, 0.1) is 13.8 Å². The number of nitrogens with two attached hydrogens (primary N) is 1. The molecule has 2 aromatic heterocycles. The van der Waals surface area contributed by atoms with Gasteiger partial charge in [0.1, 0.15) is 10.7 Å². The first-order chi connectivity index (χ1) is 14.9. The maximum Gasteiger partial charge on any atom is 0.144 e. The minimum absolute atomic E-state index is 0.589. The zero-order valence-electron chi connectivity index (χ0n) is 18.0. The fourth-order valence-electron chi connectivity index (χ4n) is 3.70. The van der Waals surface area contributed by atoms with Gasteiger partial charge in [-0.2, -0.15) is 0 Å². The minimum Gasteiger partial charge on any atom is -0.403 e. The Kier molecular flexibility index (Phi) is 6.04. The van der Waals surface area contributed by atoms with Crippen molar-refractivity contribution >= 4 is 50.4 Å². The van der Waals surface area contributed by atoms with E-state index >= 15 is 0 Å². The summed E-state index contributed by atoms with van der Waals surface area (Å²) in [4.78, 5) is 13.9. The summed E-state index contributed by atoms with van der Waals surface area (Å²) in [5, 5.41) is 7.19. The molecule has 0 amide bonds. The van der Waals surface area contributed by atoms with Crippen LogP contribution in [0.4, 0.5) is 11.4 Å². The van der Waals surface area contributed by atoms with Crippen LogP contribution in [0.1, 0.15) is 21.7 Å². The fourth-order valence-corrected chi connectivity index (χ4v) is 5.15. The van der Waals surface area contributed by atoms with E-state index in [9.17, 15) is 0 Å². The molecule has 0 fully saturated rings. The van der Waals surface area contributed by atoms with Gasteiger partial charge in [0.2, 0.25) is 0 Å². The van der Waals surface area contributed by atoms with Gasteiger partial charge in [-0.25, -0.2) is 10.4 Å². The van der Waals surface area contributed by atoms with Gasteiger partial charge in [0.15, 0.2) is 0 Å². The van der Waals surface area contributed by atoms with Crippen LogP contribution >= 0.6 is 22.9 Å². The minimum atomic E-state index is 0.589. The number of halogens is 1. The molecule has 4 rings (SSSR count). The van der Waals surface area contributed by atoms with E-state index < -0.39 is 0 Å². The molecule has 1 aliphatic rings. The third kappa shape index (κ3) is 3.94. The van der Waals surface area contributed by atoms with Crippen LogP contribution in [0.3, 0.4) is 0 Å². The van der Waals surface area contributed by atoms with Crippen LogP contribution < -0.4 is 21.5 Å². The van der Waals surface area contributed by atoms with Gasteiger partial charge in [-0.3, -0.25) is 10.0 Å². The highest BCUT2D eigenvalue weighted by Crippen LogP contribution is 2.42. The van der Waals surface area contributed by atoms with E-state index in [0.717, 1.165) is 54.1 Å². The Bertz CT molecular complexity index is 1170. The van der Waals surface area contributed by atoms with Crippen LogP contribution in [-0.2, 0) is 6.54 Å². The zero-order chi connectivity index (χ0) is 22.1. The first-order valence-corrected chi connectivity index (χ1v) is 11.2. The number of hydrogen-bond donors (Lipinski definition) is 3. The summed E-state index contributed by atoms with van der Waals surface area (Å²) in [6.07, 6.45) is 3.27. The van der Waals surface area contributed by atoms with Crippen molar-refractivity contribution in [1.82, 2.24) is 15.3 Å². The van der Waals surface area contributed by atoms with Gasteiger partial charge in [0, 0.05) is 31.9 Å². The van der Waals surface area contributed by atoms with Crippen LogP contribution in [0.2, 0.25) is 5.02 Å². The highest BCUT2D eigenvalue weighted by molar-refractivity contribution is 7.21. The van der Waals surface area contributed by atoms with Gasteiger partial charge in [0.05, 0.1) is 40.2 Å². The Morgan fingerprint density at radius 1 is 1.35 bits per heavy atom. The third-order valence-corrected chi connectivity index (χ3v) is 6.98. The molecule has 0 radical (unpaired) electrons. The lowest BCUT2D eigenvalue weighted by molar-refractivity contribution is 0.535. The molecule has 1 aromatic carbocycles. The molecule has 0 bridgehead atoms. The van der Waals surface area contributed by atoms with Crippen molar-refractivity contribution in [1.29, 1.82) is 0 Å². The number of fused-ring (bicyclic) bond motifs is 3. The van der Waals surface area contributed by atoms with Gasteiger partial charge in [-0.05, 0) is 37.1 Å². The molecule has 0 saturated carbocycles. The van der Waals surface area contributed by atoms with Crippen molar-refractivity contribution < 1.29 is 0 Å². The number of hydrazine groups is 1. The highest BCUT2D eigenvalue weighted by atomic mass is 35.5. The van der Waals surface area contributed by atoms with Crippen molar-refractivity contribution in [2.24, 2.45) is 10.7 Å². The molecule has 0 atom stereocenters. The average molecular weight is 456 g/mol. The number of nitrogens with one attached hydrogen (secondary N) is 2. The van der Waals surface area contributed by atoms with Crippen molar-refractivity contribution in [3.63, 3.8) is 0 Å². The third-order valence-electron chi connectivity index (χ3n) is 5.34. The normalized spacial score (nSPS) is 15.0. The Hall–Kier alpha value is -2.81. The summed E-state index contributed by atoms with van der Waals surface area (Å²) < 4.78 is 0. The topological polar surface area (TPSA) is 81.8 Å². The largest absolute Gasteiger partial charge is 0.403 e. The first kappa shape index (κ1) is 21.4. The quantitative estimate of drug-likeness (QED) is 0.500. The molecular weight excluding hydrogens is 430 g/mol. The number of hydrogen-bond acceptors (Lipinski definition) is 7. The summed E-state index contributed by atoms with van der Waals surface area (Å²) in [6, 6.07) is 8.24. The van der Waals surface area contributed by atoms with E-state index in [1.54, 1.807) is 17.5 Å². The Morgan fingerprint density at radius 3 is 2.77 bits per heavy atom. The van der Waals surface area contributed by atoms with E-state index in [2.05, 4.69) is 34.7 Å². The number of nitrogens with zero attached hydrogens (tertiary/aromatic N) is 4. The van der Waals surface area contributed by atoms with Gasteiger partial charge < -0.3 is 16.0 Å². The average Bonchev–Trinajstić information content (AvgIpc) is 3.14. The lowest BCUT2D eigenvalue weighted by Gasteiger charge is -2.28. The number of rotatable bonds is 5. The number of amidine groups is 1. The van der Waals surface area contributed by atoms with E-state index in [1.165, 1.54) is 6.20 Å². The second-order valence-corrected chi connectivity index (χ2v) is 8.77. The van der Waals surface area contributed by atoms with Gasteiger partial charge in [0.25, 0.3) is 0 Å². The molecular formula is C22H26ClN7S. The lowest BCUT2D eigenvalue weighted by Crippen LogP contribution is -2.36. The smallest absolute Gasteiger partial charge is 0.144 e. The summed E-state index contributed by atoms with van der Waals surface area (Å²) in [5.41, 5.74) is 13.7. The predicted octanol–water partition coefficient (Wildman–Crippen LogP) is 4.20. The second kappa shape index (κ2) is 8.74. The van der Waals surface area contributed by atoms with Crippen molar-refractivity contribution in [2.75, 3.05) is 31.1 Å². The van der Waals surface area contributed by atoms with Crippen molar-refractivity contribution in [3.05, 3.63) is 63.4 Å². The number of pyridine rings is 1. The lowest BCUT2D eigenvalue weighted by atomic mass is 10.1. The molecule has 0 unspecified atom stereocenters. The van der Waals surface area contributed by atoms with Crippen LogP contribution in [-0.4, -0.2) is 36.5 Å². The van der Waals surface area contributed by atoms with E-state index in [-0.39, 0.29) is 0 Å². The maximum absolute atomic E-state index is 6.48.